The number of phenols is 1. The number of nitrogens with one attached hydrogen (secondary N) is 1. The molecule has 0 saturated heterocycles. The van der Waals surface area contributed by atoms with Crippen LogP contribution >= 0.6 is 31.9 Å². The van der Waals surface area contributed by atoms with E-state index in [2.05, 4.69) is 44.1 Å². The van der Waals surface area contributed by atoms with Crippen molar-refractivity contribution >= 4 is 31.9 Å². The van der Waals surface area contributed by atoms with Crippen molar-refractivity contribution in [3.05, 3.63) is 26.6 Å². The third kappa shape index (κ3) is 3.49. The highest BCUT2D eigenvalue weighted by atomic mass is 79.9. The maximum atomic E-state index is 9.67. The van der Waals surface area contributed by atoms with Crippen LogP contribution in [0, 0.1) is 5.92 Å². The zero-order valence-corrected chi connectivity index (χ0v) is 13.7. The standard InChI is InChI=1S/C14H19Br2NO/c1-9(11-4-2-3-5-11)17-8-10-6-12(15)14(18)13(16)7-10/h6-7,9,11,17-18H,2-5,8H2,1H3. The number of hydrogen-bond donors (Lipinski definition) is 2. The summed E-state index contributed by atoms with van der Waals surface area (Å²) < 4.78 is 1.48. The van der Waals surface area contributed by atoms with Crippen LogP contribution in [0.15, 0.2) is 21.1 Å². The molecular formula is C14H19Br2NO. The van der Waals surface area contributed by atoms with Crippen LogP contribution in [0.25, 0.3) is 0 Å². The molecular weight excluding hydrogens is 358 g/mol. The zero-order chi connectivity index (χ0) is 13.1. The molecule has 1 saturated carbocycles. The minimum Gasteiger partial charge on any atom is -0.506 e. The van der Waals surface area contributed by atoms with Crippen molar-refractivity contribution in [3.63, 3.8) is 0 Å². The van der Waals surface area contributed by atoms with Gasteiger partial charge in [-0.2, -0.15) is 0 Å². The molecule has 4 heteroatoms. The predicted octanol–water partition coefficient (Wildman–Crippen LogP) is 4.59. The molecule has 2 rings (SSSR count). The first-order chi connectivity index (χ1) is 8.58. The molecule has 0 amide bonds. The second kappa shape index (κ2) is 6.40. The number of benzene rings is 1. The van der Waals surface area contributed by atoms with Gasteiger partial charge in [-0.25, -0.2) is 0 Å². The normalized spacial score (nSPS) is 18.2. The molecule has 1 atom stereocenters. The largest absolute Gasteiger partial charge is 0.506 e. The van der Waals surface area contributed by atoms with Crippen molar-refractivity contribution < 1.29 is 5.11 Å². The third-order valence-electron chi connectivity index (χ3n) is 3.81. The van der Waals surface area contributed by atoms with Crippen molar-refractivity contribution in [3.8, 4) is 5.75 Å². The molecule has 0 radical (unpaired) electrons. The Morgan fingerprint density at radius 3 is 2.39 bits per heavy atom. The first-order valence-corrected chi connectivity index (χ1v) is 8.07. The maximum absolute atomic E-state index is 9.67. The van der Waals surface area contributed by atoms with Gasteiger partial charge in [-0.1, -0.05) is 12.8 Å². The highest BCUT2D eigenvalue weighted by Crippen LogP contribution is 2.33. The first-order valence-electron chi connectivity index (χ1n) is 6.48. The van der Waals surface area contributed by atoms with Crippen LogP contribution in [0.3, 0.4) is 0 Å². The molecule has 100 valence electrons. The lowest BCUT2D eigenvalue weighted by molar-refractivity contribution is 0.380. The van der Waals surface area contributed by atoms with Crippen LogP contribution in [0.2, 0.25) is 0 Å². The summed E-state index contributed by atoms with van der Waals surface area (Å²) in [4.78, 5) is 0. The maximum Gasteiger partial charge on any atom is 0.143 e. The molecule has 1 aromatic rings. The van der Waals surface area contributed by atoms with Gasteiger partial charge in [0, 0.05) is 12.6 Å². The van der Waals surface area contributed by atoms with E-state index in [1.807, 2.05) is 12.1 Å². The molecule has 2 N–H and O–H groups in total. The Kier molecular flexibility index (Phi) is 5.10. The Hall–Kier alpha value is -0.0600. The molecule has 18 heavy (non-hydrogen) atoms. The van der Waals surface area contributed by atoms with Gasteiger partial charge in [0.1, 0.15) is 5.75 Å². The summed E-state index contributed by atoms with van der Waals surface area (Å²) in [5.74, 6) is 1.09. The van der Waals surface area contributed by atoms with Crippen molar-refractivity contribution in [2.45, 2.75) is 45.2 Å². The lowest BCUT2D eigenvalue weighted by atomic mass is 9.99. The Balaban J connectivity index is 1.93. The lowest BCUT2D eigenvalue weighted by Crippen LogP contribution is -2.31. The number of hydrogen-bond acceptors (Lipinski definition) is 2. The van der Waals surface area contributed by atoms with Crippen LogP contribution in [-0.2, 0) is 6.54 Å². The van der Waals surface area contributed by atoms with Gasteiger partial charge in [-0.3, -0.25) is 0 Å². The fourth-order valence-electron chi connectivity index (χ4n) is 2.62. The summed E-state index contributed by atoms with van der Waals surface area (Å²) >= 11 is 6.72. The van der Waals surface area contributed by atoms with Crippen LogP contribution < -0.4 is 5.32 Å². The van der Waals surface area contributed by atoms with Crippen LogP contribution in [-0.4, -0.2) is 11.1 Å². The molecule has 0 bridgehead atoms. The average Bonchev–Trinajstić information content (AvgIpc) is 2.86. The van der Waals surface area contributed by atoms with Gasteiger partial charge in [0.05, 0.1) is 8.95 Å². The van der Waals surface area contributed by atoms with E-state index in [9.17, 15) is 5.11 Å². The Morgan fingerprint density at radius 2 is 1.83 bits per heavy atom. The number of phenolic OH excluding ortho intramolecular Hbond substituents is 1. The minimum absolute atomic E-state index is 0.266. The van der Waals surface area contributed by atoms with E-state index in [0.717, 1.165) is 21.4 Å². The Morgan fingerprint density at radius 1 is 1.28 bits per heavy atom. The molecule has 1 aliphatic rings. The number of aromatic hydroxyl groups is 1. The van der Waals surface area contributed by atoms with Gasteiger partial charge in [0.2, 0.25) is 0 Å². The van der Waals surface area contributed by atoms with Crippen molar-refractivity contribution in [2.75, 3.05) is 0 Å². The summed E-state index contributed by atoms with van der Waals surface area (Å²) in [6.45, 7) is 3.12. The predicted molar refractivity (Wildman–Crippen MR) is 81.8 cm³/mol. The summed E-state index contributed by atoms with van der Waals surface area (Å²) in [7, 11) is 0. The van der Waals surface area contributed by atoms with Gasteiger partial charge >= 0.3 is 0 Å². The van der Waals surface area contributed by atoms with E-state index in [1.165, 1.54) is 31.2 Å². The molecule has 1 aromatic carbocycles. The van der Waals surface area contributed by atoms with Crippen molar-refractivity contribution in [1.29, 1.82) is 0 Å². The van der Waals surface area contributed by atoms with E-state index < -0.39 is 0 Å². The van der Waals surface area contributed by atoms with E-state index in [4.69, 9.17) is 0 Å². The summed E-state index contributed by atoms with van der Waals surface area (Å²) in [5.41, 5.74) is 1.18. The number of rotatable bonds is 4. The highest BCUT2D eigenvalue weighted by molar-refractivity contribution is 9.11. The van der Waals surface area contributed by atoms with Gasteiger partial charge in [-0.05, 0) is 75.2 Å². The van der Waals surface area contributed by atoms with Crippen LogP contribution in [0.1, 0.15) is 38.2 Å². The first kappa shape index (κ1) is 14.4. The second-order valence-corrected chi connectivity index (χ2v) is 6.83. The second-order valence-electron chi connectivity index (χ2n) is 5.12. The topological polar surface area (TPSA) is 32.3 Å². The smallest absolute Gasteiger partial charge is 0.143 e. The van der Waals surface area contributed by atoms with Crippen molar-refractivity contribution in [2.24, 2.45) is 5.92 Å². The Labute approximate surface area is 125 Å². The average molecular weight is 377 g/mol. The molecule has 1 aliphatic carbocycles. The number of halogens is 2. The zero-order valence-electron chi connectivity index (χ0n) is 10.5. The van der Waals surface area contributed by atoms with E-state index in [0.29, 0.717) is 6.04 Å². The van der Waals surface area contributed by atoms with Gasteiger partial charge in [0.15, 0.2) is 0 Å². The summed E-state index contributed by atoms with van der Waals surface area (Å²) in [6, 6.07) is 4.50. The fourth-order valence-corrected chi connectivity index (χ4v) is 3.90. The quantitative estimate of drug-likeness (QED) is 0.805. The SMILES string of the molecule is CC(NCc1cc(Br)c(O)c(Br)c1)C1CCCC1. The van der Waals surface area contributed by atoms with Gasteiger partial charge in [0.25, 0.3) is 0 Å². The van der Waals surface area contributed by atoms with Crippen molar-refractivity contribution in [1.82, 2.24) is 5.32 Å². The van der Waals surface area contributed by atoms with Crippen LogP contribution in [0.4, 0.5) is 0 Å². The molecule has 1 fully saturated rings. The lowest BCUT2D eigenvalue weighted by Gasteiger charge is -2.20. The molecule has 0 aromatic heterocycles. The van der Waals surface area contributed by atoms with Gasteiger partial charge < -0.3 is 10.4 Å². The molecule has 0 heterocycles. The fraction of sp³-hybridized carbons (Fsp3) is 0.571. The molecule has 1 unspecified atom stereocenters. The van der Waals surface area contributed by atoms with E-state index >= 15 is 0 Å². The monoisotopic (exact) mass is 375 g/mol. The summed E-state index contributed by atoms with van der Waals surface area (Å²) in [5, 5.41) is 13.3. The van der Waals surface area contributed by atoms with E-state index in [1.54, 1.807) is 0 Å². The van der Waals surface area contributed by atoms with Gasteiger partial charge in [-0.15, -0.1) is 0 Å². The third-order valence-corrected chi connectivity index (χ3v) is 5.02. The van der Waals surface area contributed by atoms with E-state index in [-0.39, 0.29) is 5.75 Å². The summed E-state index contributed by atoms with van der Waals surface area (Å²) in [6.07, 6.45) is 5.48. The van der Waals surface area contributed by atoms with Crippen LogP contribution in [0.5, 0.6) is 5.75 Å². The Bertz CT molecular complexity index is 393. The molecule has 2 nitrogen and oxygen atoms in total. The molecule has 0 aliphatic heterocycles. The minimum atomic E-state index is 0.266. The molecule has 0 spiro atoms. The highest BCUT2D eigenvalue weighted by Gasteiger charge is 2.20.